The second-order valence-corrected chi connectivity index (χ2v) is 4.35. The zero-order valence-corrected chi connectivity index (χ0v) is 8.67. The maximum Gasteiger partial charge on any atom is 0.220 e. The maximum absolute atomic E-state index is 10.9. The lowest BCUT2D eigenvalue weighted by Crippen LogP contribution is -2.38. The number of hydrogen-bond acceptors (Lipinski definition) is 4. The zero-order chi connectivity index (χ0) is 9.97. The smallest absolute Gasteiger partial charge is 0.220 e. The molecule has 0 bridgehead atoms. The Morgan fingerprint density at radius 3 is 2.79 bits per heavy atom. The number of hydrogen-bond donors (Lipinski definition) is 1. The maximum atomic E-state index is 10.9. The van der Waals surface area contributed by atoms with Crippen LogP contribution in [0.3, 0.4) is 0 Å². The van der Waals surface area contributed by atoms with E-state index in [0.717, 1.165) is 31.1 Å². The van der Waals surface area contributed by atoms with Gasteiger partial charge in [0.05, 0.1) is 0 Å². The van der Waals surface area contributed by atoms with E-state index in [1.54, 1.807) is 17.5 Å². The summed E-state index contributed by atoms with van der Waals surface area (Å²) < 4.78 is 0. The van der Waals surface area contributed by atoms with Crippen molar-refractivity contribution >= 4 is 22.4 Å². The van der Waals surface area contributed by atoms with Crippen LogP contribution in [0.5, 0.6) is 0 Å². The summed E-state index contributed by atoms with van der Waals surface area (Å²) in [6, 6.07) is 0. The van der Waals surface area contributed by atoms with Crippen molar-refractivity contribution in [2.75, 3.05) is 18.0 Å². The fourth-order valence-corrected chi connectivity index (χ4v) is 2.42. The number of nitrogens with two attached hydrogens (primary N) is 1. The van der Waals surface area contributed by atoms with E-state index in [-0.39, 0.29) is 11.8 Å². The summed E-state index contributed by atoms with van der Waals surface area (Å²) in [5.74, 6) is -0.102. The Hall–Kier alpha value is -1.10. The van der Waals surface area contributed by atoms with E-state index in [0.29, 0.717) is 0 Å². The first-order valence-electron chi connectivity index (χ1n) is 4.71. The molecule has 0 unspecified atom stereocenters. The lowest BCUT2D eigenvalue weighted by molar-refractivity contribution is -0.122. The Labute approximate surface area is 86.7 Å². The fourth-order valence-electron chi connectivity index (χ4n) is 1.73. The predicted octanol–water partition coefficient (Wildman–Crippen LogP) is 0.845. The number of carbonyl (C=O) groups excluding carboxylic acids is 1. The van der Waals surface area contributed by atoms with Gasteiger partial charge in [0.15, 0.2) is 5.13 Å². The molecule has 4 nitrogen and oxygen atoms in total. The first-order chi connectivity index (χ1) is 6.77. The van der Waals surface area contributed by atoms with Crippen LogP contribution in [0.4, 0.5) is 5.13 Å². The molecule has 0 aromatic carbocycles. The second kappa shape index (κ2) is 3.96. The number of aromatic nitrogens is 1. The Balaban J connectivity index is 1.93. The first kappa shape index (κ1) is 9.45. The molecular formula is C9H13N3OS. The van der Waals surface area contributed by atoms with Gasteiger partial charge in [-0.25, -0.2) is 4.98 Å². The van der Waals surface area contributed by atoms with Gasteiger partial charge in [-0.3, -0.25) is 4.79 Å². The third-order valence-corrected chi connectivity index (χ3v) is 3.42. The van der Waals surface area contributed by atoms with Gasteiger partial charge >= 0.3 is 0 Å². The number of anilines is 1. The van der Waals surface area contributed by atoms with Gasteiger partial charge in [0.1, 0.15) is 0 Å². The van der Waals surface area contributed by atoms with Crippen molar-refractivity contribution in [3.05, 3.63) is 11.6 Å². The molecule has 1 aromatic rings. The van der Waals surface area contributed by atoms with Gasteiger partial charge in [-0.2, -0.15) is 0 Å². The molecule has 2 rings (SSSR count). The molecular weight excluding hydrogens is 198 g/mol. The SMILES string of the molecule is NC(=O)C1CCN(c2nccs2)CC1. The minimum Gasteiger partial charge on any atom is -0.369 e. The van der Waals surface area contributed by atoms with Crippen LogP contribution in [0.1, 0.15) is 12.8 Å². The van der Waals surface area contributed by atoms with E-state index >= 15 is 0 Å². The molecule has 1 saturated heterocycles. The summed E-state index contributed by atoms with van der Waals surface area (Å²) in [5, 5.41) is 3.02. The Morgan fingerprint density at radius 2 is 2.29 bits per heavy atom. The Kier molecular flexibility index (Phi) is 2.67. The summed E-state index contributed by atoms with van der Waals surface area (Å²) >= 11 is 1.64. The molecule has 0 spiro atoms. The standard InChI is InChI=1S/C9H13N3OS/c10-8(13)7-1-4-12(5-2-7)9-11-3-6-14-9/h3,6-7H,1-2,4-5H2,(H2,10,13). The Morgan fingerprint density at radius 1 is 1.57 bits per heavy atom. The van der Waals surface area contributed by atoms with E-state index in [1.807, 2.05) is 5.38 Å². The molecule has 0 radical (unpaired) electrons. The van der Waals surface area contributed by atoms with E-state index in [4.69, 9.17) is 5.73 Å². The van der Waals surface area contributed by atoms with Gasteiger partial charge < -0.3 is 10.6 Å². The quantitative estimate of drug-likeness (QED) is 0.788. The molecule has 0 aliphatic carbocycles. The fraction of sp³-hybridized carbons (Fsp3) is 0.556. The highest BCUT2D eigenvalue weighted by Gasteiger charge is 2.23. The second-order valence-electron chi connectivity index (χ2n) is 3.48. The van der Waals surface area contributed by atoms with Gasteiger partial charge in [0, 0.05) is 30.6 Å². The summed E-state index contributed by atoms with van der Waals surface area (Å²) in [5.41, 5.74) is 5.26. The average molecular weight is 211 g/mol. The average Bonchev–Trinajstić information content (AvgIpc) is 2.71. The van der Waals surface area contributed by atoms with Crippen LogP contribution in [0.25, 0.3) is 0 Å². The van der Waals surface area contributed by atoms with Crippen LogP contribution in [-0.4, -0.2) is 24.0 Å². The predicted molar refractivity (Wildman–Crippen MR) is 56.2 cm³/mol. The van der Waals surface area contributed by atoms with Crippen LogP contribution in [-0.2, 0) is 4.79 Å². The lowest BCUT2D eigenvalue weighted by Gasteiger charge is -2.30. The molecule has 14 heavy (non-hydrogen) atoms. The minimum atomic E-state index is -0.163. The molecule has 0 saturated carbocycles. The molecule has 1 fully saturated rings. The summed E-state index contributed by atoms with van der Waals surface area (Å²) in [6.07, 6.45) is 3.52. The van der Waals surface area contributed by atoms with Crippen molar-refractivity contribution < 1.29 is 4.79 Å². The third-order valence-electron chi connectivity index (χ3n) is 2.59. The summed E-state index contributed by atoms with van der Waals surface area (Å²) in [6.45, 7) is 1.78. The molecule has 1 aliphatic rings. The first-order valence-corrected chi connectivity index (χ1v) is 5.59. The number of carbonyl (C=O) groups is 1. The highest BCUT2D eigenvalue weighted by molar-refractivity contribution is 7.13. The molecule has 2 N–H and O–H groups in total. The zero-order valence-electron chi connectivity index (χ0n) is 7.85. The molecule has 5 heteroatoms. The molecule has 76 valence electrons. The van der Waals surface area contributed by atoms with Gasteiger partial charge in [-0.15, -0.1) is 11.3 Å². The summed E-state index contributed by atoms with van der Waals surface area (Å²) in [4.78, 5) is 17.4. The topological polar surface area (TPSA) is 59.2 Å². The van der Waals surface area contributed by atoms with Crippen LogP contribution >= 0.6 is 11.3 Å². The van der Waals surface area contributed by atoms with Gasteiger partial charge in [0.2, 0.25) is 5.91 Å². The number of rotatable bonds is 2. The van der Waals surface area contributed by atoms with Crippen molar-refractivity contribution in [3.8, 4) is 0 Å². The number of nitrogens with zero attached hydrogens (tertiary/aromatic N) is 2. The Bertz CT molecular complexity index is 304. The van der Waals surface area contributed by atoms with Crippen molar-refractivity contribution in [2.24, 2.45) is 11.7 Å². The third kappa shape index (κ3) is 1.87. The molecule has 1 aliphatic heterocycles. The number of piperidine rings is 1. The van der Waals surface area contributed by atoms with Gasteiger partial charge in [-0.05, 0) is 12.8 Å². The number of primary amides is 1. The van der Waals surface area contributed by atoms with Crippen LogP contribution in [0, 0.1) is 5.92 Å². The van der Waals surface area contributed by atoms with E-state index in [1.165, 1.54) is 0 Å². The van der Waals surface area contributed by atoms with Gasteiger partial charge in [0.25, 0.3) is 0 Å². The normalized spacial score (nSPS) is 18.4. The number of amides is 1. The minimum absolute atomic E-state index is 0.0613. The lowest BCUT2D eigenvalue weighted by atomic mass is 9.97. The highest BCUT2D eigenvalue weighted by Crippen LogP contribution is 2.24. The molecule has 1 amide bonds. The molecule has 1 aromatic heterocycles. The van der Waals surface area contributed by atoms with Crippen LogP contribution in [0.15, 0.2) is 11.6 Å². The van der Waals surface area contributed by atoms with Gasteiger partial charge in [-0.1, -0.05) is 0 Å². The highest BCUT2D eigenvalue weighted by atomic mass is 32.1. The molecule has 2 heterocycles. The van der Waals surface area contributed by atoms with Crippen LogP contribution in [0.2, 0.25) is 0 Å². The van der Waals surface area contributed by atoms with Crippen molar-refractivity contribution in [1.29, 1.82) is 0 Å². The van der Waals surface area contributed by atoms with Crippen molar-refractivity contribution in [3.63, 3.8) is 0 Å². The van der Waals surface area contributed by atoms with Crippen molar-refractivity contribution in [2.45, 2.75) is 12.8 Å². The van der Waals surface area contributed by atoms with E-state index in [9.17, 15) is 4.79 Å². The van der Waals surface area contributed by atoms with Crippen molar-refractivity contribution in [1.82, 2.24) is 4.98 Å². The largest absolute Gasteiger partial charge is 0.369 e. The van der Waals surface area contributed by atoms with E-state index in [2.05, 4.69) is 9.88 Å². The number of thiazole rings is 1. The molecule has 0 atom stereocenters. The van der Waals surface area contributed by atoms with E-state index < -0.39 is 0 Å². The summed E-state index contributed by atoms with van der Waals surface area (Å²) in [7, 11) is 0. The monoisotopic (exact) mass is 211 g/mol. The van der Waals surface area contributed by atoms with Crippen LogP contribution < -0.4 is 10.6 Å².